The highest BCUT2D eigenvalue weighted by atomic mass is 16.5. The number of hydrogen-bond donors (Lipinski definition) is 1. The molecular weight excluding hydrogens is 202 g/mol. The lowest BCUT2D eigenvalue weighted by Crippen LogP contribution is -2.44. The molecule has 0 saturated carbocycles. The molecule has 1 heterocycles. The summed E-state index contributed by atoms with van der Waals surface area (Å²) in [6, 6.07) is 8.19. The highest BCUT2D eigenvalue weighted by Crippen LogP contribution is 2.15. The second kappa shape index (κ2) is 5.32. The Hall–Kier alpha value is -1.06. The van der Waals surface area contributed by atoms with E-state index in [4.69, 9.17) is 9.47 Å². The van der Waals surface area contributed by atoms with Crippen molar-refractivity contribution in [2.24, 2.45) is 0 Å². The summed E-state index contributed by atoms with van der Waals surface area (Å²) in [5, 5.41) is 3.38. The molecule has 0 radical (unpaired) electrons. The van der Waals surface area contributed by atoms with Crippen molar-refractivity contribution >= 4 is 0 Å². The van der Waals surface area contributed by atoms with Crippen molar-refractivity contribution in [1.82, 2.24) is 5.32 Å². The van der Waals surface area contributed by atoms with Crippen molar-refractivity contribution in [1.29, 1.82) is 0 Å². The van der Waals surface area contributed by atoms with Crippen molar-refractivity contribution in [2.75, 3.05) is 20.2 Å². The molecule has 2 unspecified atom stereocenters. The average Bonchev–Trinajstić information content (AvgIpc) is 2.30. The third-order valence-corrected chi connectivity index (χ3v) is 2.85. The summed E-state index contributed by atoms with van der Waals surface area (Å²) < 4.78 is 11.0. The van der Waals surface area contributed by atoms with Crippen molar-refractivity contribution in [3.05, 3.63) is 29.8 Å². The first-order valence-corrected chi connectivity index (χ1v) is 5.77. The minimum atomic E-state index is 0.289. The first-order chi connectivity index (χ1) is 7.78. The Bertz CT molecular complexity index is 323. The zero-order valence-electron chi connectivity index (χ0n) is 9.90. The van der Waals surface area contributed by atoms with Gasteiger partial charge in [0.05, 0.1) is 19.3 Å². The maximum atomic E-state index is 5.85. The van der Waals surface area contributed by atoms with E-state index in [-0.39, 0.29) is 6.10 Å². The van der Waals surface area contributed by atoms with Crippen LogP contribution in [0.5, 0.6) is 5.75 Å². The number of benzene rings is 1. The van der Waals surface area contributed by atoms with E-state index >= 15 is 0 Å². The van der Waals surface area contributed by atoms with Crippen LogP contribution < -0.4 is 10.1 Å². The summed E-state index contributed by atoms with van der Waals surface area (Å²) in [6.07, 6.45) is 1.57. The van der Waals surface area contributed by atoms with Crippen LogP contribution in [0.15, 0.2) is 24.3 Å². The molecule has 2 atom stereocenters. The first-order valence-electron chi connectivity index (χ1n) is 5.77. The zero-order chi connectivity index (χ0) is 11.4. The fourth-order valence-corrected chi connectivity index (χ4v) is 2.02. The predicted molar refractivity (Wildman–Crippen MR) is 63.9 cm³/mol. The van der Waals surface area contributed by atoms with Gasteiger partial charge in [0.1, 0.15) is 5.75 Å². The lowest BCUT2D eigenvalue weighted by atomic mass is 10.1. The Morgan fingerprint density at radius 3 is 2.69 bits per heavy atom. The summed E-state index contributed by atoms with van der Waals surface area (Å²) >= 11 is 0. The van der Waals surface area contributed by atoms with Crippen LogP contribution in [0.1, 0.15) is 12.5 Å². The Labute approximate surface area is 96.8 Å². The highest BCUT2D eigenvalue weighted by molar-refractivity contribution is 5.27. The second-order valence-electron chi connectivity index (χ2n) is 4.28. The fourth-order valence-electron chi connectivity index (χ4n) is 2.02. The van der Waals surface area contributed by atoms with E-state index in [0.29, 0.717) is 6.10 Å². The van der Waals surface area contributed by atoms with E-state index < -0.39 is 0 Å². The van der Waals surface area contributed by atoms with Gasteiger partial charge in [0, 0.05) is 13.1 Å². The van der Waals surface area contributed by atoms with Gasteiger partial charge in [-0.2, -0.15) is 0 Å². The Balaban J connectivity index is 1.92. The van der Waals surface area contributed by atoms with Gasteiger partial charge in [-0.3, -0.25) is 0 Å². The first kappa shape index (κ1) is 11.4. The maximum Gasteiger partial charge on any atom is 0.118 e. The van der Waals surface area contributed by atoms with Crippen LogP contribution in [0.4, 0.5) is 0 Å². The van der Waals surface area contributed by atoms with Gasteiger partial charge in [0.25, 0.3) is 0 Å². The SMILES string of the molecule is COc1ccc(CC2CNCC(C)O2)cc1. The van der Waals surface area contributed by atoms with Crippen LogP contribution in [0.25, 0.3) is 0 Å². The minimum absolute atomic E-state index is 0.289. The van der Waals surface area contributed by atoms with Crippen molar-refractivity contribution in [2.45, 2.75) is 25.6 Å². The number of rotatable bonds is 3. The van der Waals surface area contributed by atoms with Crippen LogP contribution in [-0.2, 0) is 11.2 Å². The van der Waals surface area contributed by atoms with Crippen LogP contribution >= 0.6 is 0 Å². The topological polar surface area (TPSA) is 30.5 Å². The molecule has 0 aliphatic carbocycles. The third-order valence-electron chi connectivity index (χ3n) is 2.85. The number of morpholine rings is 1. The number of nitrogens with one attached hydrogen (secondary N) is 1. The van der Waals surface area contributed by atoms with Gasteiger partial charge in [0.2, 0.25) is 0 Å². The van der Waals surface area contributed by atoms with E-state index in [2.05, 4.69) is 24.4 Å². The average molecular weight is 221 g/mol. The molecular formula is C13H19NO2. The van der Waals surface area contributed by atoms with Crippen molar-refractivity contribution in [3.8, 4) is 5.75 Å². The molecule has 1 aromatic carbocycles. The highest BCUT2D eigenvalue weighted by Gasteiger charge is 2.18. The molecule has 3 heteroatoms. The Kier molecular flexibility index (Phi) is 3.80. The lowest BCUT2D eigenvalue weighted by Gasteiger charge is -2.28. The lowest BCUT2D eigenvalue weighted by molar-refractivity contribution is -0.0262. The van der Waals surface area contributed by atoms with Gasteiger partial charge in [0.15, 0.2) is 0 Å². The standard InChI is InChI=1S/C13H19NO2/c1-10-8-14-9-13(16-10)7-11-3-5-12(15-2)6-4-11/h3-6,10,13-14H,7-9H2,1-2H3. The summed E-state index contributed by atoms with van der Waals surface area (Å²) in [5.41, 5.74) is 1.29. The normalized spacial score (nSPS) is 25.4. The molecule has 1 N–H and O–H groups in total. The molecule has 1 saturated heterocycles. The largest absolute Gasteiger partial charge is 0.497 e. The number of ether oxygens (including phenoxy) is 2. The van der Waals surface area contributed by atoms with Crippen LogP contribution in [0.3, 0.4) is 0 Å². The van der Waals surface area contributed by atoms with Gasteiger partial charge in [-0.25, -0.2) is 0 Å². The molecule has 3 nitrogen and oxygen atoms in total. The van der Waals surface area contributed by atoms with E-state index in [1.807, 2.05) is 12.1 Å². The van der Waals surface area contributed by atoms with Crippen molar-refractivity contribution in [3.63, 3.8) is 0 Å². The Morgan fingerprint density at radius 2 is 2.06 bits per heavy atom. The van der Waals surface area contributed by atoms with Gasteiger partial charge in [-0.15, -0.1) is 0 Å². The van der Waals surface area contributed by atoms with Gasteiger partial charge >= 0.3 is 0 Å². The van der Waals surface area contributed by atoms with Crippen LogP contribution in [0.2, 0.25) is 0 Å². The smallest absolute Gasteiger partial charge is 0.118 e. The minimum Gasteiger partial charge on any atom is -0.497 e. The van der Waals surface area contributed by atoms with Crippen LogP contribution in [-0.4, -0.2) is 32.4 Å². The third kappa shape index (κ3) is 2.97. The molecule has 0 bridgehead atoms. The molecule has 2 rings (SSSR count). The molecule has 0 aromatic heterocycles. The molecule has 16 heavy (non-hydrogen) atoms. The number of hydrogen-bond acceptors (Lipinski definition) is 3. The maximum absolute atomic E-state index is 5.85. The fraction of sp³-hybridized carbons (Fsp3) is 0.538. The van der Waals surface area contributed by atoms with Gasteiger partial charge in [-0.05, 0) is 31.0 Å². The molecule has 1 aliphatic rings. The molecule has 0 amide bonds. The molecule has 1 fully saturated rings. The second-order valence-corrected chi connectivity index (χ2v) is 4.28. The number of methoxy groups -OCH3 is 1. The summed E-state index contributed by atoms with van der Waals surface area (Å²) in [6.45, 7) is 4.00. The van der Waals surface area contributed by atoms with E-state index in [1.54, 1.807) is 7.11 Å². The van der Waals surface area contributed by atoms with Crippen LogP contribution in [0, 0.1) is 0 Å². The summed E-state index contributed by atoms with van der Waals surface area (Å²) in [4.78, 5) is 0. The zero-order valence-corrected chi connectivity index (χ0v) is 9.90. The molecule has 1 aliphatic heterocycles. The van der Waals surface area contributed by atoms with E-state index in [1.165, 1.54) is 5.56 Å². The van der Waals surface area contributed by atoms with E-state index in [9.17, 15) is 0 Å². The monoisotopic (exact) mass is 221 g/mol. The predicted octanol–water partition coefficient (Wildman–Crippen LogP) is 1.61. The molecule has 0 spiro atoms. The van der Waals surface area contributed by atoms with Gasteiger partial charge in [-0.1, -0.05) is 12.1 Å². The van der Waals surface area contributed by atoms with Gasteiger partial charge < -0.3 is 14.8 Å². The summed E-state index contributed by atoms with van der Waals surface area (Å²) in [5.74, 6) is 0.903. The Morgan fingerprint density at radius 1 is 1.31 bits per heavy atom. The molecule has 1 aromatic rings. The molecule has 88 valence electrons. The van der Waals surface area contributed by atoms with Crippen molar-refractivity contribution < 1.29 is 9.47 Å². The summed E-state index contributed by atoms with van der Waals surface area (Å²) in [7, 11) is 1.69. The quantitative estimate of drug-likeness (QED) is 0.841. The van der Waals surface area contributed by atoms with E-state index in [0.717, 1.165) is 25.3 Å².